The van der Waals surface area contributed by atoms with E-state index in [1.54, 1.807) is 0 Å². The lowest BCUT2D eigenvalue weighted by molar-refractivity contribution is -0.141. The highest BCUT2D eigenvalue weighted by molar-refractivity contribution is 5.87. The minimum absolute atomic E-state index is 0.108. The summed E-state index contributed by atoms with van der Waals surface area (Å²) in [4.78, 5) is 14.2. The third kappa shape index (κ3) is 2.77. The number of carbonyl (C=O) groups excluding carboxylic acids is 1. The van der Waals surface area contributed by atoms with Gasteiger partial charge in [-0.1, -0.05) is 12.1 Å². The van der Waals surface area contributed by atoms with Gasteiger partial charge in [-0.15, -0.1) is 0 Å². The van der Waals surface area contributed by atoms with Gasteiger partial charge in [-0.2, -0.15) is 0 Å². The zero-order valence-electron chi connectivity index (χ0n) is 10.3. The molecule has 5 heteroatoms. The maximum atomic E-state index is 12.3. The van der Waals surface area contributed by atoms with E-state index in [-0.39, 0.29) is 11.8 Å². The van der Waals surface area contributed by atoms with Crippen LogP contribution >= 0.6 is 0 Å². The first kappa shape index (κ1) is 12.4. The predicted molar refractivity (Wildman–Crippen MR) is 63.1 cm³/mol. The van der Waals surface area contributed by atoms with Crippen LogP contribution in [0.2, 0.25) is 0 Å². The van der Waals surface area contributed by atoms with Crippen LogP contribution in [0.25, 0.3) is 0 Å². The third-order valence-corrected chi connectivity index (χ3v) is 3.75. The molecule has 17 heavy (non-hydrogen) atoms. The summed E-state index contributed by atoms with van der Waals surface area (Å²) in [7, 11) is 0. The number of hydrogen-bond acceptors (Lipinski definition) is 4. The number of oxime groups is 1. The Labute approximate surface area is 101 Å². The fraction of sp³-hybridized carbons (Fsp3) is 0.833. The van der Waals surface area contributed by atoms with E-state index in [0.717, 1.165) is 12.1 Å². The highest BCUT2D eigenvalue weighted by atomic mass is 16.5. The summed E-state index contributed by atoms with van der Waals surface area (Å²) in [6, 6.07) is 0. The molecule has 2 rings (SSSR count). The van der Waals surface area contributed by atoms with Crippen LogP contribution in [-0.2, 0) is 9.53 Å². The molecule has 0 spiro atoms. The largest absolute Gasteiger partial charge is 0.411 e. The first-order chi connectivity index (χ1) is 8.22. The van der Waals surface area contributed by atoms with Crippen LogP contribution in [0, 0.1) is 11.8 Å². The van der Waals surface area contributed by atoms with Crippen molar-refractivity contribution in [1.82, 2.24) is 4.90 Å². The monoisotopic (exact) mass is 240 g/mol. The summed E-state index contributed by atoms with van der Waals surface area (Å²) in [6.45, 7) is 4.82. The predicted octanol–water partition coefficient (Wildman–Crippen LogP) is 1.11. The van der Waals surface area contributed by atoms with E-state index in [0.29, 0.717) is 45.1 Å². The Morgan fingerprint density at radius 3 is 2.76 bits per heavy atom. The highest BCUT2D eigenvalue weighted by Gasteiger charge is 2.32. The molecule has 2 aliphatic heterocycles. The number of rotatable bonds is 1. The van der Waals surface area contributed by atoms with Gasteiger partial charge in [-0.05, 0) is 12.3 Å². The molecule has 2 saturated heterocycles. The van der Waals surface area contributed by atoms with Gasteiger partial charge in [0.15, 0.2) is 0 Å². The highest BCUT2D eigenvalue weighted by Crippen LogP contribution is 2.24. The zero-order valence-corrected chi connectivity index (χ0v) is 10.3. The van der Waals surface area contributed by atoms with Gasteiger partial charge in [0, 0.05) is 45.1 Å². The Morgan fingerprint density at radius 2 is 2.18 bits per heavy atom. The summed E-state index contributed by atoms with van der Waals surface area (Å²) in [5, 5.41) is 11.9. The smallest absolute Gasteiger partial charge is 0.226 e. The van der Waals surface area contributed by atoms with Gasteiger partial charge in [-0.25, -0.2) is 0 Å². The minimum atomic E-state index is 0.108. The average molecular weight is 240 g/mol. The van der Waals surface area contributed by atoms with Crippen molar-refractivity contribution in [3.63, 3.8) is 0 Å². The van der Waals surface area contributed by atoms with Crippen molar-refractivity contribution in [3.05, 3.63) is 0 Å². The summed E-state index contributed by atoms with van der Waals surface area (Å²) >= 11 is 0. The first-order valence-corrected chi connectivity index (χ1v) is 6.28. The first-order valence-electron chi connectivity index (χ1n) is 6.28. The van der Waals surface area contributed by atoms with Gasteiger partial charge in [0.05, 0.1) is 5.71 Å². The number of nitrogens with zero attached hydrogens (tertiary/aromatic N) is 2. The lowest BCUT2D eigenvalue weighted by atomic mass is 9.88. The molecule has 0 saturated carbocycles. The third-order valence-electron chi connectivity index (χ3n) is 3.75. The van der Waals surface area contributed by atoms with Crippen LogP contribution in [-0.4, -0.2) is 48.0 Å². The van der Waals surface area contributed by atoms with Gasteiger partial charge in [0.1, 0.15) is 0 Å². The molecule has 0 aromatic heterocycles. The Balaban J connectivity index is 1.91. The molecule has 5 nitrogen and oxygen atoms in total. The lowest BCUT2D eigenvalue weighted by Crippen LogP contribution is -2.45. The molecule has 0 aromatic rings. The van der Waals surface area contributed by atoms with E-state index in [4.69, 9.17) is 9.94 Å². The van der Waals surface area contributed by atoms with Crippen molar-refractivity contribution >= 4 is 11.6 Å². The van der Waals surface area contributed by atoms with E-state index >= 15 is 0 Å². The van der Waals surface area contributed by atoms with Crippen LogP contribution in [0.15, 0.2) is 5.16 Å². The quantitative estimate of drug-likeness (QED) is 0.551. The molecule has 2 atom stereocenters. The van der Waals surface area contributed by atoms with Crippen LogP contribution < -0.4 is 0 Å². The van der Waals surface area contributed by atoms with E-state index in [1.165, 1.54) is 0 Å². The molecule has 1 N–H and O–H groups in total. The second-order valence-corrected chi connectivity index (χ2v) is 4.94. The molecule has 0 bridgehead atoms. The number of carbonyl (C=O) groups is 1. The van der Waals surface area contributed by atoms with Crippen molar-refractivity contribution in [2.45, 2.75) is 26.2 Å². The number of likely N-dealkylation sites (tertiary alicyclic amines) is 1. The standard InChI is InChI=1S/C12H20N2O3/c1-9-8-17-7-4-11(9)12(15)14-5-2-10(13-16)3-6-14/h9,11,16H,2-8H2,1H3. The Bertz CT molecular complexity index is 307. The second kappa shape index (κ2) is 5.49. The molecule has 2 fully saturated rings. The minimum Gasteiger partial charge on any atom is -0.411 e. The fourth-order valence-electron chi connectivity index (χ4n) is 2.57. The molecular formula is C12H20N2O3. The van der Waals surface area contributed by atoms with Crippen LogP contribution in [0.5, 0.6) is 0 Å². The molecule has 96 valence electrons. The van der Waals surface area contributed by atoms with Gasteiger partial charge in [0.2, 0.25) is 5.91 Å². The van der Waals surface area contributed by atoms with Gasteiger partial charge in [-0.3, -0.25) is 4.79 Å². The van der Waals surface area contributed by atoms with Crippen LogP contribution in [0.3, 0.4) is 0 Å². The molecule has 0 aliphatic carbocycles. The number of piperidine rings is 1. The molecular weight excluding hydrogens is 220 g/mol. The van der Waals surface area contributed by atoms with Gasteiger partial charge < -0.3 is 14.8 Å². The number of hydrogen-bond donors (Lipinski definition) is 1. The van der Waals surface area contributed by atoms with Gasteiger partial charge >= 0.3 is 0 Å². The number of ether oxygens (including phenoxy) is 1. The zero-order chi connectivity index (χ0) is 12.3. The SMILES string of the molecule is CC1COCCC1C(=O)N1CCC(=NO)CC1. The average Bonchev–Trinajstić information content (AvgIpc) is 2.39. The van der Waals surface area contributed by atoms with Crippen LogP contribution in [0.4, 0.5) is 0 Å². The lowest BCUT2D eigenvalue weighted by Gasteiger charge is -2.35. The molecule has 1 amide bonds. The Morgan fingerprint density at radius 1 is 1.47 bits per heavy atom. The molecule has 2 unspecified atom stereocenters. The molecule has 2 aliphatic rings. The van der Waals surface area contributed by atoms with Crippen molar-refractivity contribution in [2.75, 3.05) is 26.3 Å². The second-order valence-electron chi connectivity index (χ2n) is 4.94. The Hall–Kier alpha value is -1.10. The normalized spacial score (nSPS) is 30.2. The summed E-state index contributed by atoms with van der Waals surface area (Å²) in [5.74, 6) is 0.665. The van der Waals surface area contributed by atoms with Crippen molar-refractivity contribution < 1.29 is 14.7 Å². The van der Waals surface area contributed by atoms with Crippen LogP contribution in [0.1, 0.15) is 26.2 Å². The maximum Gasteiger partial charge on any atom is 0.226 e. The fourth-order valence-corrected chi connectivity index (χ4v) is 2.57. The molecule has 0 radical (unpaired) electrons. The van der Waals surface area contributed by atoms with E-state index in [2.05, 4.69) is 12.1 Å². The van der Waals surface area contributed by atoms with Gasteiger partial charge in [0.25, 0.3) is 0 Å². The van der Waals surface area contributed by atoms with Crippen molar-refractivity contribution in [3.8, 4) is 0 Å². The van der Waals surface area contributed by atoms with E-state index in [1.807, 2.05) is 4.90 Å². The summed E-state index contributed by atoms with van der Waals surface area (Å²) in [6.07, 6.45) is 2.22. The summed E-state index contributed by atoms with van der Waals surface area (Å²) < 4.78 is 5.36. The van der Waals surface area contributed by atoms with Crippen molar-refractivity contribution in [2.24, 2.45) is 17.0 Å². The van der Waals surface area contributed by atoms with Crippen molar-refractivity contribution in [1.29, 1.82) is 0 Å². The Kier molecular flexibility index (Phi) is 3.99. The van der Waals surface area contributed by atoms with E-state index in [9.17, 15) is 4.79 Å². The topological polar surface area (TPSA) is 62.1 Å². The van der Waals surface area contributed by atoms with E-state index < -0.39 is 0 Å². The molecule has 0 aromatic carbocycles. The number of amides is 1. The molecule has 2 heterocycles. The maximum absolute atomic E-state index is 12.3. The summed E-state index contributed by atoms with van der Waals surface area (Å²) in [5.41, 5.74) is 0.800.